The van der Waals surface area contributed by atoms with Crippen LogP contribution >= 0.6 is 0 Å². The molecule has 2 amide bonds. The third kappa shape index (κ3) is 6.48. The number of nitrogens with one attached hydrogen (secondary N) is 2. The molecule has 0 unspecified atom stereocenters. The zero-order valence-corrected chi connectivity index (χ0v) is 19.5. The molecule has 0 radical (unpaired) electrons. The summed E-state index contributed by atoms with van der Waals surface area (Å²) in [5.74, 6) is 1.23. The van der Waals surface area contributed by atoms with Crippen molar-refractivity contribution in [2.45, 2.75) is 20.5 Å². The van der Waals surface area contributed by atoms with Gasteiger partial charge in [0.15, 0.2) is 11.5 Å². The fourth-order valence-corrected chi connectivity index (χ4v) is 3.04. The number of carbonyl (C=O) groups excluding carboxylic acids is 2. The molecule has 2 aromatic carbocycles. The van der Waals surface area contributed by atoms with Crippen molar-refractivity contribution >= 4 is 23.4 Å². The number of nitrogens with zero attached hydrogens (tertiary/aromatic N) is 1. The molecule has 0 aliphatic rings. The molecule has 0 saturated heterocycles. The number of benzene rings is 2. The highest BCUT2D eigenvalue weighted by Gasteiger charge is 2.15. The van der Waals surface area contributed by atoms with Crippen molar-refractivity contribution in [3.05, 3.63) is 65.0 Å². The van der Waals surface area contributed by atoms with E-state index in [-0.39, 0.29) is 19.1 Å². The Balaban J connectivity index is 1.64. The van der Waals surface area contributed by atoms with Gasteiger partial charge < -0.3 is 28.8 Å². The summed E-state index contributed by atoms with van der Waals surface area (Å²) in [5.41, 5.74) is 2.96. The van der Waals surface area contributed by atoms with Crippen molar-refractivity contribution < 1.29 is 33.1 Å². The number of rotatable bonds is 10. The molecule has 0 spiro atoms. The molecule has 0 bridgehead atoms. The van der Waals surface area contributed by atoms with Crippen LogP contribution in [0.4, 0.5) is 16.2 Å². The number of aromatic nitrogens is 1. The van der Waals surface area contributed by atoms with E-state index in [1.165, 1.54) is 14.2 Å². The molecule has 0 aliphatic heterocycles. The number of methoxy groups -OCH3 is 2. The average molecular weight is 469 g/mol. The van der Waals surface area contributed by atoms with E-state index in [1.807, 2.05) is 13.8 Å². The first-order chi connectivity index (χ1) is 16.4. The van der Waals surface area contributed by atoms with Gasteiger partial charge in [0.25, 0.3) is 5.91 Å². The van der Waals surface area contributed by atoms with E-state index in [0.29, 0.717) is 40.8 Å². The lowest BCUT2D eigenvalue weighted by atomic mass is 10.1. The summed E-state index contributed by atoms with van der Waals surface area (Å²) in [5, 5.41) is 9.31. The van der Waals surface area contributed by atoms with E-state index in [9.17, 15) is 9.59 Å². The first-order valence-electron chi connectivity index (χ1n) is 10.5. The maximum absolute atomic E-state index is 12.8. The molecule has 3 rings (SSSR count). The average Bonchev–Trinajstić information content (AvgIpc) is 3.15. The molecule has 34 heavy (non-hydrogen) atoms. The van der Waals surface area contributed by atoms with Crippen LogP contribution in [0.2, 0.25) is 0 Å². The lowest BCUT2D eigenvalue weighted by molar-refractivity contribution is 0.102. The lowest BCUT2D eigenvalue weighted by Crippen LogP contribution is -2.17. The van der Waals surface area contributed by atoms with Crippen molar-refractivity contribution in [2.24, 2.45) is 0 Å². The van der Waals surface area contributed by atoms with Gasteiger partial charge in [-0.1, -0.05) is 11.2 Å². The van der Waals surface area contributed by atoms with Gasteiger partial charge in [-0.05, 0) is 50.2 Å². The largest absolute Gasteiger partial charge is 0.493 e. The summed E-state index contributed by atoms with van der Waals surface area (Å²) < 4.78 is 26.2. The van der Waals surface area contributed by atoms with Gasteiger partial charge in [-0.15, -0.1) is 0 Å². The molecule has 0 atom stereocenters. The van der Waals surface area contributed by atoms with Crippen molar-refractivity contribution in [2.75, 3.05) is 38.1 Å². The van der Waals surface area contributed by atoms with Crippen LogP contribution in [0.1, 0.15) is 27.4 Å². The number of aryl methyl sites for hydroxylation is 2. The Labute approximate surface area is 197 Å². The number of amides is 2. The van der Waals surface area contributed by atoms with Gasteiger partial charge in [0.1, 0.15) is 19.0 Å². The summed E-state index contributed by atoms with van der Waals surface area (Å²) in [4.78, 5) is 24.6. The number of carbonyl (C=O) groups is 2. The summed E-state index contributed by atoms with van der Waals surface area (Å²) in [6, 6.07) is 11.6. The summed E-state index contributed by atoms with van der Waals surface area (Å²) >= 11 is 0. The van der Waals surface area contributed by atoms with E-state index in [1.54, 1.807) is 42.5 Å². The van der Waals surface area contributed by atoms with Crippen LogP contribution in [0.5, 0.6) is 11.5 Å². The quantitative estimate of drug-likeness (QED) is 0.421. The molecule has 3 aromatic rings. The van der Waals surface area contributed by atoms with Gasteiger partial charge in [0.2, 0.25) is 0 Å². The minimum absolute atomic E-state index is 0.137. The van der Waals surface area contributed by atoms with Crippen molar-refractivity contribution in [3.8, 4) is 11.5 Å². The molecule has 1 heterocycles. The SMILES string of the molecule is COCCOC(=O)Nc1cccc(NC(=O)c2ccc(OCc3c(C)noc3C)c(OC)c2)c1. The topological polar surface area (TPSA) is 121 Å². The van der Waals surface area contributed by atoms with Crippen LogP contribution < -0.4 is 20.1 Å². The zero-order valence-electron chi connectivity index (χ0n) is 19.5. The van der Waals surface area contributed by atoms with E-state index < -0.39 is 6.09 Å². The zero-order chi connectivity index (χ0) is 24.5. The number of hydrogen-bond donors (Lipinski definition) is 2. The monoisotopic (exact) mass is 469 g/mol. The summed E-state index contributed by atoms with van der Waals surface area (Å²) in [6.07, 6.45) is -0.613. The molecule has 10 nitrogen and oxygen atoms in total. The highest BCUT2D eigenvalue weighted by Crippen LogP contribution is 2.30. The smallest absolute Gasteiger partial charge is 0.411 e. The number of anilines is 2. The highest BCUT2D eigenvalue weighted by atomic mass is 16.6. The predicted molar refractivity (Wildman–Crippen MR) is 125 cm³/mol. The maximum Gasteiger partial charge on any atom is 0.411 e. The van der Waals surface area contributed by atoms with Crippen LogP contribution in [-0.2, 0) is 16.1 Å². The molecular formula is C24H27N3O7. The molecule has 1 aromatic heterocycles. The van der Waals surface area contributed by atoms with Crippen LogP contribution in [0.15, 0.2) is 47.0 Å². The van der Waals surface area contributed by atoms with Crippen LogP contribution in [-0.4, -0.2) is 44.6 Å². The Kier molecular flexibility index (Phi) is 8.47. The molecule has 180 valence electrons. The summed E-state index contributed by atoms with van der Waals surface area (Å²) in [7, 11) is 3.02. The molecule has 0 fully saturated rings. The van der Waals surface area contributed by atoms with Gasteiger partial charge in [0.05, 0.1) is 25.0 Å². The lowest BCUT2D eigenvalue weighted by Gasteiger charge is -2.13. The summed E-state index contributed by atoms with van der Waals surface area (Å²) in [6.45, 7) is 4.36. The van der Waals surface area contributed by atoms with Crippen molar-refractivity contribution in [3.63, 3.8) is 0 Å². The third-order valence-electron chi connectivity index (χ3n) is 4.87. The van der Waals surface area contributed by atoms with Crippen LogP contribution in [0, 0.1) is 13.8 Å². The van der Waals surface area contributed by atoms with E-state index in [4.69, 9.17) is 23.5 Å². The van der Waals surface area contributed by atoms with E-state index >= 15 is 0 Å². The molecule has 2 N–H and O–H groups in total. The van der Waals surface area contributed by atoms with Gasteiger partial charge in [-0.3, -0.25) is 10.1 Å². The Bertz CT molecular complexity index is 1120. The van der Waals surface area contributed by atoms with Gasteiger partial charge in [0, 0.05) is 24.0 Å². The Morgan fingerprint density at radius 2 is 1.74 bits per heavy atom. The van der Waals surface area contributed by atoms with E-state index in [0.717, 1.165) is 11.3 Å². The fraction of sp³-hybridized carbons (Fsp3) is 0.292. The first-order valence-corrected chi connectivity index (χ1v) is 10.5. The standard InChI is InChI=1S/C24H27N3O7/c1-15-20(16(2)34-27-15)14-33-21-9-8-17(12-22(21)31-4)23(28)25-18-6-5-7-19(13-18)26-24(29)32-11-10-30-3/h5-9,12-13H,10-11,14H2,1-4H3,(H,25,28)(H,26,29). The minimum atomic E-state index is -0.613. The Hall–Kier alpha value is -4.05. The minimum Gasteiger partial charge on any atom is -0.493 e. The fourth-order valence-electron chi connectivity index (χ4n) is 3.04. The number of ether oxygens (including phenoxy) is 4. The Morgan fingerprint density at radius 3 is 2.41 bits per heavy atom. The highest BCUT2D eigenvalue weighted by molar-refractivity contribution is 6.05. The predicted octanol–water partition coefficient (Wildman–Crippen LogP) is 4.33. The Morgan fingerprint density at radius 1 is 0.971 bits per heavy atom. The second-order valence-corrected chi connectivity index (χ2v) is 7.25. The number of hydrogen-bond acceptors (Lipinski definition) is 8. The molecule has 0 aliphatic carbocycles. The molecular weight excluding hydrogens is 442 g/mol. The first kappa shape index (κ1) is 24.6. The van der Waals surface area contributed by atoms with Gasteiger partial charge in [-0.2, -0.15) is 0 Å². The van der Waals surface area contributed by atoms with Crippen molar-refractivity contribution in [1.82, 2.24) is 5.16 Å². The van der Waals surface area contributed by atoms with Crippen molar-refractivity contribution in [1.29, 1.82) is 0 Å². The van der Waals surface area contributed by atoms with Crippen LogP contribution in [0.3, 0.4) is 0 Å². The van der Waals surface area contributed by atoms with Gasteiger partial charge >= 0.3 is 6.09 Å². The second kappa shape index (κ2) is 11.7. The van der Waals surface area contributed by atoms with Crippen LogP contribution in [0.25, 0.3) is 0 Å². The third-order valence-corrected chi connectivity index (χ3v) is 4.87. The van der Waals surface area contributed by atoms with E-state index in [2.05, 4.69) is 15.8 Å². The second-order valence-electron chi connectivity index (χ2n) is 7.25. The molecule has 10 heteroatoms. The normalized spacial score (nSPS) is 10.5. The maximum atomic E-state index is 12.8. The molecule has 0 saturated carbocycles. The van der Waals surface area contributed by atoms with Gasteiger partial charge in [-0.25, -0.2) is 4.79 Å².